The Morgan fingerprint density at radius 1 is 1.36 bits per heavy atom. The lowest BCUT2D eigenvalue weighted by atomic mass is 10.1. The van der Waals surface area contributed by atoms with Gasteiger partial charge in [0.2, 0.25) is 15.9 Å². The third kappa shape index (κ3) is 6.53. The largest absolute Gasteiger partial charge is 0.356 e. The van der Waals surface area contributed by atoms with E-state index in [0.29, 0.717) is 25.1 Å². The first-order valence-electron chi connectivity index (χ1n) is 7.18. The highest BCUT2D eigenvalue weighted by Crippen LogP contribution is 2.06. The van der Waals surface area contributed by atoms with E-state index in [1.54, 1.807) is 12.1 Å². The number of nitrogens with zero attached hydrogens (tertiary/aromatic N) is 1. The van der Waals surface area contributed by atoms with Crippen molar-refractivity contribution in [1.82, 2.24) is 9.62 Å². The molecule has 0 radical (unpaired) electrons. The van der Waals surface area contributed by atoms with Gasteiger partial charge in [-0.25, -0.2) is 12.8 Å². The summed E-state index contributed by atoms with van der Waals surface area (Å²) in [6.45, 7) is 4.36. The molecule has 0 aliphatic carbocycles. The average Bonchev–Trinajstić information content (AvgIpc) is 2.36. The van der Waals surface area contributed by atoms with Crippen molar-refractivity contribution < 1.29 is 17.6 Å². The molecule has 0 saturated heterocycles. The van der Waals surface area contributed by atoms with Crippen LogP contribution in [0.3, 0.4) is 0 Å². The van der Waals surface area contributed by atoms with Crippen molar-refractivity contribution in [2.75, 3.05) is 19.3 Å². The van der Waals surface area contributed by atoms with Crippen LogP contribution in [-0.2, 0) is 21.2 Å². The SMILES string of the molecule is CC(C)N(CCCNC(=O)Cc1cccc(F)c1)S(C)(=O)=O. The van der Waals surface area contributed by atoms with Crippen LogP contribution < -0.4 is 5.32 Å². The zero-order valence-corrected chi connectivity index (χ0v) is 14.0. The molecule has 0 saturated carbocycles. The van der Waals surface area contributed by atoms with E-state index < -0.39 is 10.0 Å². The predicted molar refractivity (Wildman–Crippen MR) is 84.4 cm³/mol. The minimum atomic E-state index is -3.24. The maximum atomic E-state index is 13.0. The number of rotatable bonds is 8. The monoisotopic (exact) mass is 330 g/mol. The summed E-state index contributed by atoms with van der Waals surface area (Å²) in [6.07, 6.45) is 1.81. The van der Waals surface area contributed by atoms with Gasteiger partial charge in [-0.15, -0.1) is 0 Å². The Labute approximate surface area is 131 Å². The summed E-state index contributed by atoms with van der Waals surface area (Å²) in [6, 6.07) is 5.78. The molecule has 1 aromatic rings. The van der Waals surface area contributed by atoms with Gasteiger partial charge in [0.15, 0.2) is 0 Å². The molecule has 0 spiro atoms. The number of amides is 1. The highest BCUT2D eigenvalue weighted by atomic mass is 32.2. The summed E-state index contributed by atoms with van der Waals surface area (Å²) in [4.78, 5) is 11.7. The number of carbonyl (C=O) groups excluding carboxylic acids is 1. The van der Waals surface area contributed by atoms with Crippen LogP contribution in [-0.4, -0.2) is 44.0 Å². The number of carbonyl (C=O) groups is 1. The van der Waals surface area contributed by atoms with E-state index in [-0.39, 0.29) is 24.2 Å². The van der Waals surface area contributed by atoms with Gasteiger partial charge >= 0.3 is 0 Å². The van der Waals surface area contributed by atoms with Crippen molar-refractivity contribution in [3.8, 4) is 0 Å². The molecule has 0 atom stereocenters. The van der Waals surface area contributed by atoms with Crippen LogP contribution in [0.15, 0.2) is 24.3 Å². The molecule has 124 valence electrons. The number of hydrogen-bond donors (Lipinski definition) is 1. The lowest BCUT2D eigenvalue weighted by Gasteiger charge is -2.23. The lowest BCUT2D eigenvalue weighted by Crippen LogP contribution is -2.38. The second-order valence-electron chi connectivity index (χ2n) is 5.48. The number of halogens is 1. The predicted octanol–water partition coefficient (Wildman–Crippen LogP) is 1.54. The Kier molecular flexibility index (Phi) is 6.96. The van der Waals surface area contributed by atoms with Crippen molar-refractivity contribution in [1.29, 1.82) is 0 Å². The summed E-state index contributed by atoms with van der Waals surface area (Å²) >= 11 is 0. The van der Waals surface area contributed by atoms with Crippen LogP contribution in [0.5, 0.6) is 0 Å². The van der Waals surface area contributed by atoms with Crippen molar-refractivity contribution >= 4 is 15.9 Å². The minimum Gasteiger partial charge on any atom is -0.356 e. The van der Waals surface area contributed by atoms with E-state index in [4.69, 9.17) is 0 Å². The van der Waals surface area contributed by atoms with E-state index in [1.165, 1.54) is 22.7 Å². The number of nitrogens with one attached hydrogen (secondary N) is 1. The van der Waals surface area contributed by atoms with Gasteiger partial charge in [0, 0.05) is 19.1 Å². The van der Waals surface area contributed by atoms with Crippen LogP contribution in [0.1, 0.15) is 25.8 Å². The molecule has 1 N–H and O–H groups in total. The summed E-state index contributed by atoms with van der Waals surface area (Å²) in [5.74, 6) is -0.577. The molecule has 1 rings (SSSR count). The minimum absolute atomic E-state index is 0.109. The quantitative estimate of drug-likeness (QED) is 0.735. The fourth-order valence-corrected chi connectivity index (χ4v) is 3.39. The molecule has 0 bridgehead atoms. The molecule has 1 amide bonds. The van der Waals surface area contributed by atoms with Gasteiger partial charge in [0.05, 0.1) is 12.7 Å². The molecule has 5 nitrogen and oxygen atoms in total. The number of hydrogen-bond acceptors (Lipinski definition) is 3. The number of sulfonamides is 1. The van der Waals surface area contributed by atoms with Gasteiger partial charge in [-0.05, 0) is 38.0 Å². The molecular weight excluding hydrogens is 307 g/mol. The van der Waals surface area contributed by atoms with Gasteiger partial charge in [-0.2, -0.15) is 4.31 Å². The van der Waals surface area contributed by atoms with E-state index in [1.807, 2.05) is 13.8 Å². The third-order valence-electron chi connectivity index (χ3n) is 3.13. The van der Waals surface area contributed by atoms with Crippen LogP contribution in [0.4, 0.5) is 4.39 Å². The molecule has 0 fully saturated rings. The molecule has 0 unspecified atom stereocenters. The molecular formula is C15H23FN2O3S. The summed E-state index contributed by atoms with van der Waals surface area (Å²) < 4.78 is 37.6. The van der Waals surface area contributed by atoms with Crippen molar-refractivity contribution in [3.05, 3.63) is 35.6 Å². The fourth-order valence-electron chi connectivity index (χ4n) is 2.16. The molecule has 1 aromatic carbocycles. The lowest BCUT2D eigenvalue weighted by molar-refractivity contribution is -0.120. The topological polar surface area (TPSA) is 66.5 Å². The Morgan fingerprint density at radius 2 is 2.05 bits per heavy atom. The van der Waals surface area contributed by atoms with Gasteiger partial charge in [-0.1, -0.05) is 12.1 Å². The van der Waals surface area contributed by atoms with E-state index in [9.17, 15) is 17.6 Å². The standard InChI is InChI=1S/C15H23FN2O3S/c1-12(2)18(22(3,20)21)9-5-8-17-15(19)11-13-6-4-7-14(16)10-13/h4,6-7,10,12H,5,8-9,11H2,1-3H3,(H,17,19). The third-order valence-corrected chi connectivity index (χ3v) is 4.59. The highest BCUT2D eigenvalue weighted by molar-refractivity contribution is 7.88. The Hall–Kier alpha value is -1.47. The smallest absolute Gasteiger partial charge is 0.224 e. The molecule has 22 heavy (non-hydrogen) atoms. The van der Waals surface area contributed by atoms with Gasteiger partial charge in [-0.3, -0.25) is 4.79 Å². The Bertz CT molecular complexity index is 603. The molecule has 0 aliphatic rings. The Morgan fingerprint density at radius 3 is 2.59 bits per heavy atom. The average molecular weight is 330 g/mol. The first-order chi connectivity index (χ1) is 10.2. The first-order valence-corrected chi connectivity index (χ1v) is 9.03. The maximum absolute atomic E-state index is 13.0. The fraction of sp³-hybridized carbons (Fsp3) is 0.533. The number of benzene rings is 1. The zero-order chi connectivity index (χ0) is 16.8. The second kappa shape index (κ2) is 8.24. The first kappa shape index (κ1) is 18.6. The normalized spacial score (nSPS) is 11.9. The van der Waals surface area contributed by atoms with E-state index >= 15 is 0 Å². The van der Waals surface area contributed by atoms with Crippen molar-refractivity contribution in [2.45, 2.75) is 32.7 Å². The van der Waals surface area contributed by atoms with Crippen molar-refractivity contribution in [2.24, 2.45) is 0 Å². The second-order valence-corrected chi connectivity index (χ2v) is 7.41. The zero-order valence-electron chi connectivity index (χ0n) is 13.2. The van der Waals surface area contributed by atoms with Crippen LogP contribution >= 0.6 is 0 Å². The molecule has 0 heterocycles. The van der Waals surface area contributed by atoms with E-state index in [2.05, 4.69) is 5.32 Å². The summed E-state index contributed by atoms with van der Waals surface area (Å²) in [5, 5.41) is 2.71. The maximum Gasteiger partial charge on any atom is 0.224 e. The van der Waals surface area contributed by atoms with Gasteiger partial charge < -0.3 is 5.32 Å². The Balaban J connectivity index is 2.36. The van der Waals surface area contributed by atoms with Crippen LogP contribution in [0.25, 0.3) is 0 Å². The molecule has 0 aliphatic heterocycles. The van der Waals surface area contributed by atoms with Crippen molar-refractivity contribution in [3.63, 3.8) is 0 Å². The highest BCUT2D eigenvalue weighted by Gasteiger charge is 2.19. The van der Waals surface area contributed by atoms with E-state index in [0.717, 1.165) is 0 Å². The van der Waals surface area contributed by atoms with Gasteiger partial charge in [0.25, 0.3) is 0 Å². The summed E-state index contributed by atoms with van der Waals surface area (Å²) in [7, 11) is -3.24. The molecule has 7 heteroatoms. The van der Waals surface area contributed by atoms with Crippen LogP contribution in [0, 0.1) is 5.82 Å². The molecule has 0 aromatic heterocycles. The van der Waals surface area contributed by atoms with Gasteiger partial charge in [0.1, 0.15) is 5.82 Å². The van der Waals surface area contributed by atoms with Crippen LogP contribution in [0.2, 0.25) is 0 Å². The summed E-state index contributed by atoms with van der Waals surface area (Å²) in [5.41, 5.74) is 0.609.